The summed E-state index contributed by atoms with van der Waals surface area (Å²) in [5.41, 5.74) is 6.78. The minimum Gasteiger partial charge on any atom is -0.472 e. The van der Waals surface area contributed by atoms with Gasteiger partial charge in [0.15, 0.2) is 0 Å². The lowest BCUT2D eigenvalue weighted by Crippen LogP contribution is -2.19. The highest BCUT2D eigenvalue weighted by molar-refractivity contribution is 5.04. The molecule has 0 spiro atoms. The topological polar surface area (TPSA) is 42.4 Å². The molecule has 0 aliphatic rings. The molecule has 0 fully saturated rings. The molecule has 0 aromatic carbocycles. The zero-order valence-corrected chi connectivity index (χ0v) is 10.5. The molecule has 1 unspecified atom stereocenters. The van der Waals surface area contributed by atoms with Gasteiger partial charge in [-0.25, -0.2) is 0 Å². The summed E-state index contributed by atoms with van der Waals surface area (Å²) in [6, 6.07) is 2.02. The second kappa shape index (κ2) is 7.47. The molecule has 0 aliphatic heterocycles. The van der Waals surface area contributed by atoms with E-state index in [0.29, 0.717) is 0 Å². The number of nitrogens with zero attached hydrogens (tertiary/aromatic N) is 1. The third kappa shape index (κ3) is 5.33. The fourth-order valence-electron chi connectivity index (χ4n) is 1.91. The number of furan rings is 1. The van der Waals surface area contributed by atoms with Gasteiger partial charge in [-0.05, 0) is 51.4 Å². The summed E-state index contributed by atoms with van der Waals surface area (Å²) >= 11 is 0. The fraction of sp³-hybridized carbons (Fsp3) is 0.692. The summed E-state index contributed by atoms with van der Waals surface area (Å²) in [6.07, 6.45) is 7.20. The number of nitrogens with two attached hydrogens (primary N) is 1. The van der Waals surface area contributed by atoms with Crippen molar-refractivity contribution in [3.63, 3.8) is 0 Å². The molecule has 1 aromatic rings. The zero-order chi connectivity index (χ0) is 11.8. The SMILES string of the molecule is CC(CCN)CCCN(C)Cc1ccoc1. The first-order chi connectivity index (χ1) is 7.72. The highest BCUT2D eigenvalue weighted by Gasteiger charge is 2.04. The van der Waals surface area contributed by atoms with E-state index in [4.69, 9.17) is 10.2 Å². The predicted octanol–water partition coefficient (Wildman–Crippen LogP) is 2.48. The maximum Gasteiger partial charge on any atom is 0.0947 e. The van der Waals surface area contributed by atoms with Gasteiger partial charge in [0.25, 0.3) is 0 Å². The van der Waals surface area contributed by atoms with Crippen LogP contribution in [0.5, 0.6) is 0 Å². The van der Waals surface area contributed by atoms with Crippen LogP contribution >= 0.6 is 0 Å². The Hall–Kier alpha value is -0.800. The Morgan fingerprint density at radius 2 is 2.25 bits per heavy atom. The summed E-state index contributed by atoms with van der Waals surface area (Å²) in [5, 5.41) is 0. The average molecular weight is 224 g/mol. The van der Waals surface area contributed by atoms with E-state index in [1.807, 2.05) is 12.3 Å². The van der Waals surface area contributed by atoms with Crippen molar-refractivity contribution in [1.82, 2.24) is 4.90 Å². The van der Waals surface area contributed by atoms with Crippen molar-refractivity contribution in [2.24, 2.45) is 11.7 Å². The molecule has 3 heteroatoms. The first-order valence-corrected chi connectivity index (χ1v) is 6.12. The van der Waals surface area contributed by atoms with Gasteiger partial charge in [-0.3, -0.25) is 0 Å². The van der Waals surface area contributed by atoms with E-state index in [1.165, 1.54) is 18.4 Å². The van der Waals surface area contributed by atoms with Crippen molar-refractivity contribution < 1.29 is 4.42 Å². The Morgan fingerprint density at radius 3 is 2.88 bits per heavy atom. The quantitative estimate of drug-likeness (QED) is 0.737. The Morgan fingerprint density at radius 1 is 1.44 bits per heavy atom. The van der Waals surface area contributed by atoms with Crippen LogP contribution in [0.3, 0.4) is 0 Å². The van der Waals surface area contributed by atoms with Crippen LogP contribution in [0.25, 0.3) is 0 Å². The average Bonchev–Trinajstić information content (AvgIpc) is 2.70. The van der Waals surface area contributed by atoms with Crippen molar-refractivity contribution in [1.29, 1.82) is 0 Å². The molecule has 1 rings (SSSR count). The van der Waals surface area contributed by atoms with Crippen molar-refractivity contribution in [3.05, 3.63) is 24.2 Å². The van der Waals surface area contributed by atoms with Gasteiger partial charge in [-0.15, -0.1) is 0 Å². The van der Waals surface area contributed by atoms with Crippen LogP contribution in [-0.4, -0.2) is 25.0 Å². The molecule has 92 valence electrons. The first-order valence-electron chi connectivity index (χ1n) is 6.12. The Kier molecular flexibility index (Phi) is 6.19. The first kappa shape index (κ1) is 13.3. The summed E-state index contributed by atoms with van der Waals surface area (Å²) in [7, 11) is 2.15. The standard InChI is InChI=1S/C13H24N2O/c1-12(5-7-14)4-3-8-15(2)10-13-6-9-16-11-13/h6,9,11-12H,3-5,7-8,10,14H2,1-2H3. The molecule has 2 N–H and O–H groups in total. The van der Waals surface area contributed by atoms with Gasteiger partial charge in [0.2, 0.25) is 0 Å². The molecule has 0 aliphatic carbocycles. The minimum atomic E-state index is 0.757. The third-order valence-electron chi connectivity index (χ3n) is 2.93. The van der Waals surface area contributed by atoms with Gasteiger partial charge in [-0.2, -0.15) is 0 Å². The van der Waals surface area contributed by atoms with Crippen LogP contribution < -0.4 is 5.73 Å². The van der Waals surface area contributed by atoms with E-state index in [2.05, 4.69) is 18.9 Å². The molecule has 0 saturated carbocycles. The summed E-state index contributed by atoms with van der Waals surface area (Å²) in [4.78, 5) is 2.33. The molecule has 3 nitrogen and oxygen atoms in total. The lowest BCUT2D eigenvalue weighted by molar-refractivity contribution is 0.305. The van der Waals surface area contributed by atoms with E-state index < -0.39 is 0 Å². The molecule has 1 heterocycles. The lowest BCUT2D eigenvalue weighted by atomic mass is 10.0. The van der Waals surface area contributed by atoms with Crippen LogP contribution in [-0.2, 0) is 6.54 Å². The van der Waals surface area contributed by atoms with Crippen molar-refractivity contribution in [2.75, 3.05) is 20.1 Å². The monoisotopic (exact) mass is 224 g/mol. The van der Waals surface area contributed by atoms with Crippen LogP contribution in [0.2, 0.25) is 0 Å². The molecule has 1 aromatic heterocycles. The van der Waals surface area contributed by atoms with Crippen LogP contribution in [0.15, 0.2) is 23.0 Å². The van der Waals surface area contributed by atoms with Crippen LogP contribution in [0.1, 0.15) is 31.7 Å². The molecular formula is C13H24N2O. The molecule has 16 heavy (non-hydrogen) atoms. The second-order valence-electron chi connectivity index (χ2n) is 4.69. The van der Waals surface area contributed by atoms with E-state index in [9.17, 15) is 0 Å². The lowest BCUT2D eigenvalue weighted by Gasteiger charge is -2.17. The number of rotatable bonds is 8. The molecule has 0 radical (unpaired) electrons. The van der Waals surface area contributed by atoms with E-state index in [-0.39, 0.29) is 0 Å². The van der Waals surface area contributed by atoms with Crippen LogP contribution in [0, 0.1) is 5.92 Å². The van der Waals surface area contributed by atoms with Crippen molar-refractivity contribution >= 4 is 0 Å². The van der Waals surface area contributed by atoms with Crippen molar-refractivity contribution in [3.8, 4) is 0 Å². The van der Waals surface area contributed by atoms with Gasteiger partial charge < -0.3 is 15.1 Å². The van der Waals surface area contributed by atoms with Gasteiger partial charge >= 0.3 is 0 Å². The van der Waals surface area contributed by atoms with Gasteiger partial charge in [0, 0.05) is 12.1 Å². The number of hydrogen-bond donors (Lipinski definition) is 1. The maximum atomic E-state index is 5.53. The Balaban J connectivity index is 2.08. The highest BCUT2D eigenvalue weighted by Crippen LogP contribution is 2.10. The molecular weight excluding hydrogens is 200 g/mol. The minimum absolute atomic E-state index is 0.757. The largest absolute Gasteiger partial charge is 0.472 e. The summed E-state index contributed by atoms with van der Waals surface area (Å²) in [6.45, 7) is 5.21. The van der Waals surface area contributed by atoms with E-state index in [0.717, 1.165) is 32.0 Å². The van der Waals surface area contributed by atoms with Gasteiger partial charge in [0.1, 0.15) is 0 Å². The summed E-state index contributed by atoms with van der Waals surface area (Å²) < 4.78 is 5.05. The van der Waals surface area contributed by atoms with E-state index >= 15 is 0 Å². The smallest absolute Gasteiger partial charge is 0.0947 e. The molecule has 0 amide bonds. The van der Waals surface area contributed by atoms with Gasteiger partial charge in [-0.1, -0.05) is 6.92 Å². The van der Waals surface area contributed by atoms with Crippen molar-refractivity contribution in [2.45, 2.75) is 32.7 Å². The van der Waals surface area contributed by atoms with Gasteiger partial charge in [0.05, 0.1) is 12.5 Å². The maximum absolute atomic E-state index is 5.53. The molecule has 0 saturated heterocycles. The Labute approximate surface area is 98.6 Å². The summed E-state index contributed by atoms with van der Waals surface area (Å²) in [5.74, 6) is 0.757. The third-order valence-corrected chi connectivity index (χ3v) is 2.93. The normalized spacial score (nSPS) is 13.2. The van der Waals surface area contributed by atoms with E-state index in [1.54, 1.807) is 6.26 Å². The molecule has 0 bridgehead atoms. The Bertz CT molecular complexity index is 259. The number of hydrogen-bond acceptors (Lipinski definition) is 3. The molecule has 1 atom stereocenters. The highest BCUT2D eigenvalue weighted by atomic mass is 16.3. The predicted molar refractivity (Wildman–Crippen MR) is 67.1 cm³/mol. The zero-order valence-electron chi connectivity index (χ0n) is 10.5. The fourth-order valence-corrected chi connectivity index (χ4v) is 1.91. The second-order valence-corrected chi connectivity index (χ2v) is 4.69. The van der Waals surface area contributed by atoms with Crippen LogP contribution in [0.4, 0.5) is 0 Å².